The molecule has 0 aliphatic heterocycles. The molecule has 0 saturated heterocycles. The van der Waals surface area contributed by atoms with Crippen molar-refractivity contribution in [3.05, 3.63) is 57.6 Å². The van der Waals surface area contributed by atoms with Crippen LogP contribution in [0.5, 0.6) is 5.75 Å². The zero-order chi connectivity index (χ0) is 20.1. The van der Waals surface area contributed by atoms with Crippen LogP contribution in [0.2, 0.25) is 10.0 Å². The highest BCUT2D eigenvalue weighted by atomic mass is 35.5. The Hall–Kier alpha value is -2.71. The van der Waals surface area contributed by atoms with Gasteiger partial charge < -0.3 is 9.52 Å². The molecule has 0 spiro atoms. The van der Waals surface area contributed by atoms with E-state index in [1.54, 1.807) is 12.1 Å². The second kappa shape index (κ2) is 8.99. The number of aromatic nitrogens is 4. The van der Waals surface area contributed by atoms with E-state index in [4.69, 9.17) is 27.6 Å². The molecule has 146 valence electrons. The van der Waals surface area contributed by atoms with Gasteiger partial charge in [0, 0.05) is 10.4 Å². The first kappa shape index (κ1) is 20.0. The SMILES string of the molecule is FCF.Oc1ccc(CCc2cc3oc(-c4nn[nH]n4)cc3cc2Cl)cc1Cl. The molecule has 28 heavy (non-hydrogen) atoms. The molecule has 2 aromatic heterocycles. The quantitative estimate of drug-likeness (QED) is 0.462. The molecular weight excluding hydrogens is 413 g/mol. The number of fused-ring (bicyclic) bond motifs is 1. The summed E-state index contributed by atoms with van der Waals surface area (Å²) in [5.41, 5.74) is 2.70. The number of alkyl halides is 2. The molecule has 2 aromatic carbocycles. The lowest BCUT2D eigenvalue weighted by molar-refractivity contribution is 0.295. The maximum Gasteiger partial charge on any atom is 0.239 e. The number of aryl methyl sites for hydroxylation is 2. The molecule has 0 unspecified atom stereocenters. The van der Waals surface area contributed by atoms with Crippen molar-refractivity contribution in [3.63, 3.8) is 0 Å². The molecule has 2 N–H and O–H groups in total. The first-order valence-electron chi connectivity index (χ1n) is 8.07. The van der Waals surface area contributed by atoms with E-state index in [1.807, 2.05) is 24.3 Å². The van der Waals surface area contributed by atoms with E-state index in [0.717, 1.165) is 22.9 Å². The van der Waals surface area contributed by atoms with Crippen molar-refractivity contribution in [2.75, 3.05) is 6.93 Å². The first-order valence-corrected chi connectivity index (χ1v) is 8.82. The molecule has 0 atom stereocenters. The molecular formula is C18H14Cl2F2N4O2. The number of aromatic amines is 1. The standard InChI is InChI=1S/C17H12Cl2N4O2.CH2F2/c18-12-6-11-8-16(17-20-22-23-21-17)25-15(11)7-10(12)3-1-9-2-4-14(24)13(19)5-9;2-1-3/h2,4-8,24H,1,3H2,(H,20,21,22,23);1H2. The van der Waals surface area contributed by atoms with Crippen molar-refractivity contribution in [2.45, 2.75) is 12.8 Å². The van der Waals surface area contributed by atoms with Crippen molar-refractivity contribution in [1.82, 2.24) is 20.6 Å². The van der Waals surface area contributed by atoms with Gasteiger partial charge in [0.2, 0.25) is 12.8 Å². The number of furan rings is 1. The summed E-state index contributed by atoms with van der Waals surface area (Å²) in [7, 11) is 0. The molecule has 0 radical (unpaired) electrons. The summed E-state index contributed by atoms with van der Waals surface area (Å²) in [6, 6.07) is 10.8. The van der Waals surface area contributed by atoms with Crippen LogP contribution >= 0.6 is 23.2 Å². The molecule has 0 aliphatic carbocycles. The highest BCUT2D eigenvalue weighted by molar-refractivity contribution is 6.32. The van der Waals surface area contributed by atoms with Gasteiger partial charge in [-0.25, -0.2) is 8.78 Å². The molecule has 0 amide bonds. The van der Waals surface area contributed by atoms with Crippen LogP contribution in [-0.4, -0.2) is 32.7 Å². The van der Waals surface area contributed by atoms with Crippen LogP contribution in [0.15, 0.2) is 40.8 Å². The molecule has 0 saturated carbocycles. The minimum atomic E-state index is -1.75. The summed E-state index contributed by atoms with van der Waals surface area (Å²) < 4.78 is 25.0. The van der Waals surface area contributed by atoms with E-state index < -0.39 is 6.93 Å². The molecule has 4 aromatic rings. The van der Waals surface area contributed by atoms with Crippen molar-refractivity contribution in [1.29, 1.82) is 0 Å². The van der Waals surface area contributed by atoms with Gasteiger partial charge in [-0.1, -0.05) is 29.3 Å². The monoisotopic (exact) mass is 426 g/mol. The number of nitrogens with zero attached hydrogens (tertiary/aromatic N) is 3. The lowest BCUT2D eigenvalue weighted by Crippen LogP contribution is -1.92. The normalized spacial score (nSPS) is 10.7. The number of hydrogen-bond donors (Lipinski definition) is 2. The predicted octanol–water partition coefficient (Wildman–Crippen LogP) is 5.29. The van der Waals surface area contributed by atoms with Gasteiger partial charge in [-0.3, -0.25) is 0 Å². The van der Waals surface area contributed by atoms with Crippen LogP contribution in [0.1, 0.15) is 11.1 Å². The minimum Gasteiger partial charge on any atom is -0.506 e. The Labute approximate surface area is 168 Å². The predicted molar refractivity (Wildman–Crippen MR) is 102 cm³/mol. The highest BCUT2D eigenvalue weighted by Gasteiger charge is 2.13. The molecule has 4 rings (SSSR count). The molecule has 6 nitrogen and oxygen atoms in total. The number of phenolic OH excluding ortho intramolecular Hbond substituents is 1. The van der Waals surface area contributed by atoms with Crippen LogP contribution in [0.3, 0.4) is 0 Å². The largest absolute Gasteiger partial charge is 0.506 e. The van der Waals surface area contributed by atoms with Gasteiger partial charge in [0.15, 0.2) is 5.76 Å². The Kier molecular flexibility index (Phi) is 6.43. The van der Waals surface area contributed by atoms with E-state index in [9.17, 15) is 13.9 Å². The number of aromatic hydroxyl groups is 1. The Morgan fingerprint density at radius 3 is 2.50 bits per heavy atom. The lowest BCUT2D eigenvalue weighted by Gasteiger charge is -2.06. The van der Waals surface area contributed by atoms with Crippen LogP contribution < -0.4 is 0 Å². The molecule has 0 bridgehead atoms. The minimum absolute atomic E-state index is 0.0782. The Bertz CT molecular complexity index is 1070. The zero-order valence-electron chi connectivity index (χ0n) is 14.3. The van der Waals surface area contributed by atoms with Crippen molar-refractivity contribution in [3.8, 4) is 17.3 Å². The first-order chi connectivity index (χ1) is 13.5. The maximum atomic E-state index is 9.62. The summed E-state index contributed by atoms with van der Waals surface area (Å²) in [6.45, 7) is -1.75. The Balaban J connectivity index is 0.000000706. The summed E-state index contributed by atoms with van der Waals surface area (Å²) in [5, 5.41) is 25.1. The smallest absolute Gasteiger partial charge is 0.239 e. The van der Waals surface area contributed by atoms with E-state index in [2.05, 4.69) is 20.6 Å². The highest BCUT2D eigenvalue weighted by Crippen LogP contribution is 2.31. The zero-order valence-corrected chi connectivity index (χ0v) is 15.8. The maximum absolute atomic E-state index is 9.62. The fourth-order valence-electron chi connectivity index (χ4n) is 2.65. The van der Waals surface area contributed by atoms with Gasteiger partial charge in [-0.15, -0.1) is 10.2 Å². The van der Waals surface area contributed by atoms with E-state index in [-0.39, 0.29) is 5.75 Å². The molecule has 0 fully saturated rings. The van der Waals surface area contributed by atoms with Crippen molar-refractivity contribution < 1.29 is 18.3 Å². The third-order valence-electron chi connectivity index (χ3n) is 3.95. The number of hydrogen-bond acceptors (Lipinski definition) is 5. The molecule has 10 heteroatoms. The number of tetrazole rings is 1. The van der Waals surface area contributed by atoms with Gasteiger partial charge >= 0.3 is 0 Å². The Morgan fingerprint density at radius 1 is 1.04 bits per heavy atom. The topological polar surface area (TPSA) is 87.8 Å². The van der Waals surface area contributed by atoms with E-state index in [1.165, 1.54) is 0 Å². The van der Waals surface area contributed by atoms with E-state index in [0.29, 0.717) is 33.6 Å². The number of phenols is 1. The third-order valence-corrected chi connectivity index (χ3v) is 4.60. The van der Waals surface area contributed by atoms with Crippen LogP contribution in [0.25, 0.3) is 22.6 Å². The number of benzene rings is 2. The molecule has 0 aliphatic rings. The molecule has 2 heterocycles. The van der Waals surface area contributed by atoms with Crippen molar-refractivity contribution in [2.24, 2.45) is 0 Å². The number of nitrogens with one attached hydrogen (secondary N) is 1. The Morgan fingerprint density at radius 2 is 1.82 bits per heavy atom. The van der Waals surface area contributed by atoms with Gasteiger partial charge in [0.05, 0.1) is 5.02 Å². The van der Waals surface area contributed by atoms with E-state index >= 15 is 0 Å². The van der Waals surface area contributed by atoms with Gasteiger partial charge in [0.25, 0.3) is 0 Å². The van der Waals surface area contributed by atoms with Crippen molar-refractivity contribution >= 4 is 34.2 Å². The second-order valence-corrected chi connectivity index (χ2v) is 6.53. The van der Waals surface area contributed by atoms with Crippen LogP contribution in [0.4, 0.5) is 8.78 Å². The van der Waals surface area contributed by atoms with Crippen LogP contribution in [0, 0.1) is 0 Å². The number of rotatable bonds is 4. The average Bonchev–Trinajstić information content (AvgIpc) is 3.32. The second-order valence-electron chi connectivity index (χ2n) is 5.71. The summed E-state index contributed by atoms with van der Waals surface area (Å²) in [4.78, 5) is 0. The summed E-state index contributed by atoms with van der Waals surface area (Å²) in [6.07, 6.45) is 1.46. The van der Waals surface area contributed by atoms with Gasteiger partial charge in [0.1, 0.15) is 11.3 Å². The third kappa shape index (κ3) is 4.58. The average molecular weight is 427 g/mol. The summed E-state index contributed by atoms with van der Waals surface area (Å²) in [5.74, 6) is 1.00. The number of halogens is 4. The fourth-order valence-corrected chi connectivity index (χ4v) is 3.12. The van der Waals surface area contributed by atoms with Gasteiger partial charge in [-0.2, -0.15) is 5.21 Å². The summed E-state index contributed by atoms with van der Waals surface area (Å²) >= 11 is 12.3. The van der Waals surface area contributed by atoms with Gasteiger partial charge in [-0.05, 0) is 59.5 Å². The number of H-pyrrole nitrogens is 1. The van der Waals surface area contributed by atoms with Crippen LogP contribution in [-0.2, 0) is 12.8 Å². The lowest BCUT2D eigenvalue weighted by atomic mass is 10.0. The fraction of sp³-hybridized carbons (Fsp3) is 0.167.